The molecule has 15 heavy (non-hydrogen) atoms. The predicted octanol–water partition coefficient (Wildman–Crippen LogP) is 4.00. The Morgan fingerprint density at radius 1 is 1.20 bits per heavy atom. The van der Waals surface area contributed by atoms with Gasteiger partial charge in [0.05, 0.1) is 19.4 Å². The zero-order chi connectivity index (χ0) is 11.6. The van der Waals surface area contributed by atoms with Crippen LogP contribution < -0.4 is 0 Å². The van der Waals surface area contributed by atoms with E-state index in [2.05, 4.69) is 20.4 Å². The first kappa shape index (κ1) is 14.9. The SMILES string of the molecule is C=CCOP(=O)(CCCC)OCCCC. The van der Waals surface area contributed by atoms with Crippen LogP contribution in [0.1, 0.15) is 39.5 Å². The summed E-state index contributed by atoms with van der Waals surface area (Å²) in [5.41, 5.74) is 0. The lowest BCUT2D eigenvalue weighted by Crippen LogP contribution is -2.01. The summed E-state index contributed by atoms with van der Waals surface area (Å²) < 4.78 is 22.7. The summed E-state index contributed by atoms with van der Waals surface area (Å²) in [5.74, 6) is 0. The molecule has 0 saturated carbocycles. The highest BCUT2D eigenvalue weighted by Crippen LogP contribution is 2.49. The van der Waals surface area contributed by atoms with E-state index >= 15 is 0 Å². The third-order valence-corrected chi connectivity index (χ3v) is 3.94. The minimum Gasteiger partial charge on any atom is -0.309 e. The molecule has 0 spiro atoms. The second-order valence-electron chi connectivity index (χ2n) is 3.46. The molecule has 1 atom stereocenters. The molecule has 0 aliphatic carbocycles. The first-order valence-corrected chi connectivity index (χ1v) is 7.40. The van der Waals surface area contributed by atoms with E-state index in [9.17, 15) is 4.57 Å². The molecule has 90 valence electrons. The molecule has 0 radical (unpaired) electrons. The van der Waals surface area contributed by atoms with Gasteiger partial charge in [-0.3, -0.25) is 4.57 Å². The lowest BCUT2D eigenvalue weighted by Gasteiger charge is -2.17. The predicted molar refractivity (Wildman–Crippen MR) is 64.4 cm³/mol. The van der Waals surface area contributed by atoms with Crippen molar-refractivity contribution in [3.63, 3.8) is 0 Å². The molecule has 0 heterocycles. The molecule has 0 amide bonds. The first-order valence-electron chi connectivity index (χ1n) is 5.67. The highest BCUT2D eigenvalue weighted by Gasteiger charge is 2.22. The van der Waals surface area contributed by atoms with Crippen LogP contribution in [0, 0.1) is 0 Å². The van der Waals surface area contributed by atoms with Crippen LogP contribution in [0.15, 0.2) is 12.7 Å². The van der Waals surface area contributed by atoms with Crippen LogP contribution >= 0.6 is 7.60 Å². The van der Waals surface area contributed by atoms with Crippen molar-refractivity contribution in [2.75, 3.05) is 19.4 Å². The van der Waals surface area contributed by atoms with Crippen molar-refractivity contribution in [3.8, 4) is 0 Å². The molecule has 0 fully saturated rings. The average Bonchev–Trinajstić information content (AvgIpc) is 2.24. The highest BCUT2D eigenvalue weighted by molar-refractivity contribution is 7.53. The lowest BCUT2D eigenvalue weighted by molar-refractivity contribution is 0.216. The third kappa shape index (κ3) is 7.78. The molecule has 0 aliphatic heterocycles. The fourth-order valence-corrected chi connectivity index (χ4v) is 2.81. The van der Waals surface area contributed by atoms with E-state index in [0.717, 1.165) is 25.7 Å². The van der Waals surface area contributed by atoms with Gasteiger partial charge in [-0.25, -0.2) is 0 Å². The van der Waals surface area contributed by atoms with Crippen molar-refractivity contribution < 1.29 is 13.6 Å². The average molecular weight is 234 g/mol. The summed E-state index contributed by atoms with van der Waals surface area (Å²) in [7, 11) is -2.85. The van der Waals surface area contributed by atoms with Crippen LogP contribution in [-0.4, -0.2) is 19.4 Å². The molecule has 3 nitrogen and oxygen atoms in total. The molecule has 0 rings (SSSR count). The van der Waals surface area contributed by atoms with E-state index in [1.54, 1.807) is 6.08 Å². The molecule has 0 bridgehead atoms. The van der Waals surface area contributed by atoms with E-state index in [-0.39, 0.29) is 0 Å². The minimum absolute atomic E-state index is 0.299. The second-order valence-corrected chi connectivity index (χ2v) is 5.64. The Labute approximate surface area is 93.4 Å². The Morgan fingerprint density at radius 2 is 1.87 bits per heavy atom. The lowest BCUT2D eigenvalue weighted by atomic mass is 10.4. The van der Waals surface area contributed by atoms with Gasteiger partial charge in [0.2, 0.25) is 0 Å². The van der Waals surface area contributed by atoms with Crippen LogP contribution in [0.25, 0.3) is 0 Å². The van der Waals surface area contributed by atoms with E-state index in [0.29, 0.717) is 19.4 Å². The Kier molecular flexibility index (Phi) is 9.07. The molecule has 0 saturated heterocycles. The smallest absolute Gasteiger partial charge is 0.309 e. The zero-order valence-corrected chi connectivity index (χ0v) is 10.8. The molecule has 0 aromatic rings. The van der Waals surface area contributed by atoms with Crippen molar-refractivity contribution in [1.82, 2.24) is 0 Å². The molecular weight excluding hydrogens is 211 g/mol. The molecular formula is C11H23O3P. The van der Waals surface area contributed by atoms with Gasteiger partial charge in [-0.2, -0.15) is 0 Å². The quantitative estimate of drug-likeness (QED) is 0.325. The van der Waals surface area contributed by atoms with E-state index in [4.69, 9.17) is 9.05 Å². The summed E-state index contributed by atoms with van der Waals surface area (Å²) in [5, 5.41) is 0. The van der Waals surface area contributed by atoms with Gasteiger partial charge in [0.15, 0.2) is 0 Å². The number of rotatable bonds is 10. The molecule has 4 heteroatoms. The standard InChI is InChI=1S/C11H23O3P/c1-4-7-10-14-15(12,11-8-5-2)13-9-6-3/h6H,3-5,7-11H2,1-2H3. The maximum Gasteiger partial charge on any atom is 0.330 e. The van der Waals surface area contributed by atoms with Crippen LogP contribution in [0.3, 0.4) is 0 Å². The van der Waals surface area contributed by atoms with Gasteiger partial charge in [-0.15, -0.1) is 6.58 Å². The van der Waals surface area contributed by atoms with Crippen molar-refractivity contribution in [3.05, 3.63) is 12.7 Å². The van der Waals surface area contributed by atoms with E-state index < -0.39 is 7.60 Å². The maximum atomic E-state index is 12.1. The number of unbranched alkanes of at least 4 members (excludes halogenated alkanes) is 2. The summed E-state index contributed by atoms with van der Waals surface area (Å²) in [6, 6.07) is 0. The molecule has 0 aliphatic rings. The van der Waals surface area contributed by atoms with Crippen LogP contribution in [0.5, 0.6) is 0 Å². The largest absolute Gasteiger partial charge is 0.330 e. The van der Waals surface area contributed by atoms with Crippen molar-refractivity contribution in [2.24, 2.45) is 0 Å². The van der Waals surface area contributed by atoms with Crippen molar-refractivity contribution in [1.29, 1.82) is 0 Å². The third-order valence-electron chi connectivity index (χ3n) is 1.96. The Morgan fingerprint density at radius 3 is 2.40 bits per heavy atom. The Hall–Kier alpha value is -0.110. The van der Waals surface area contributed by atoms with Crippen LogP contribution in [0.4, 0.5) is 0 Å². The van der Waals surface area contributed by atoms with Crippen LogP contribution in [0.2, 0.25) is 0 Å². The number of hydrogen-bond donors (Lipinski definition) is 0. The molecule has 0 aromatic carbocycles. The van der Waals surface area contributed by atoms with E-state index in [1.807, 2.05) is 0 Å². The highest BCUT2D eigenvalue weighted by atomic mass is 31.2. The Balaban J connectivity index is 4.01. The zero-order valence-electron chi connectivity index (χ0n) is 9.91. The van der Waals surface area contributed by atoms with Gasteiger partial charge < -0.3 is 9.05 Å². The van der Waals surface area contributed by atoms with Gasteiger partial charge >= 0.3 is 7.60 Å². The molecule has 1 unspecified atom stereocenters. The topological polar surface area (TPSA) is 35.5 Å². The Bertz CT molecular complexity index is 204. The fraction of sp³-hybridized carbons (Fsp3) is 0.818. The summed E-state index contributed by atoms with van der Waals surface area (Å²) >= 11 is 0. The minimum atomic E-state index is -2.85. The van der Waals surface area contributed by atoms with Crippen molar-refractivity contribution in [2.45, 2.75) is 39.5 Å². The first-order chi connectivity index (χ1) is 7.18. The van der Waals surface area contributed by atoms with Crippen LogP contribution in [-0.2, 0) is 13.6 Å². The summed E-state index contributed by atoms with van der Waals surface area (Å²) in [6.07, 6.45) is 5.95. The number of hydrogen-bond acceptors (Lipinski definition) is 3. The van der Waals surface area contributed by atoms with Gasteiger partial charge in [-0.05, 0) is 12.8 Å². The fourth-order valence-electron chi connectivity index (χ4n) is 1.03. The van der Waals surface area contributed by atoms with Gasteiger partial charge in [0.1, 0.15) is 0 Å². The summed E-state index contributed by atoms with van der Waals surface area (Å²) in [4.78, 5) is 0. The molecule has 0 N–H and O–H groups in total. The van der Waals surface area contributed by atoms with Gasteiger partial charge in [0.25, 0.3) is 0 Å². The monoisotopic (exact) mass is 234 g/mol. The van der Waals surface area contributed by atoms with Gasteiger partial charge in [-0.1, -0.05) is 32.8 Å². The summed E-state index contributed by atoms with van der Waals surface area (Å²) in [6.45, 7) is 8.49. The van der Waals surface area contributed by atoms with Crippen molar-refractivity contribution >= 4 is 7.60 Å². The van der Waals surface area contributed by atoms with E-state index in [1.165, 1.54) is 0 Å². The maximum absolute atomic E-state index is 12.1. The second kappa shape index (κ2) is 9.14. The van der Waals surface area contributed by atoms with Gasteiger partial charge in [0, 0.05) is 0 Å². The molecule has 0 aromatic heterocycles. The normalized spacial score (nSPS) is 14.8.